The molecule has 9 heteroatoms. The van der Waals surface area contributed by atoms with Crippen molar-refractivity contribution in [1.82, 2.24) is 35.0 Å². The van der Waals surface area contributed by atoms with Crippen molar-refractivity contribution >= 4 is 10.9 Å². The second kappa shape index (κ2) is 9.32. The van der Waals surface area contributed by atoms with Gasteiger partial charge in [0.05, 0.1) is 12.6 Å². The average Bonchev–Trinajstić information content (AvgIpc) is 3.49. The fraction of sp³-hybridized carbons (Fsp3) is 0.583. The molecule has 0 aliphatic carbocycles. The van der Waals surface area contributed by atoms with Crippen LogP contribution in [0.1, 0.15) is 48.3 Å². The minimum absolute atomic E-state index is 0.0830. The highest BCUT2D eigenvalue weighted by Crippen LogP contribution is 2.29. The number of nitrogens with one attached hydrogen (secondary N) is 1. The fourth-order valence-electron chi connectivity index (χ4n) is 5.05. The summed E-state index contributed by atoms with van der Waals surface area (Å²) in [5, 5.41) is 13.8. The maximum Gasteiger partial charge on any atom is 0.253 e. The second-order valence-electron chi connectivity index (χ2n) is 9.30. The molecule has 5 rings (SSSR count). The monoisotopic (exact) mass is 451 g/mol. The van der Waals surface area contributed by atoms with Crippen LogP contribution in [0, 0.1) is 13.8 Å². The van der Waals surface area contributed by atoms with Crippen molar-refractivity contribution in [3.63, 3.8) is 0 Å². The number of likely N-dealkylation sites (N-methyl/N-ethyl adjacent to an activating group) is 1. The summed E-state index contributed by atoms with van der Waals surface area (Å²) in [4.78, 5) is 21.3. The van der Waals surface area contributed by atoms with E-state index in [9.17, 15) is 4.79 Å². The van der Waals surface area contributed by atoms with Crippen LogP contribution in [0.2, 0.25) is 0 Å². The van der Waals surface area contributed by atoms with Crippen molar-refractivity contribution in [3.05, 3.63) is 51.1 Å². The Bertz CT molecular complexity index is 1170. The second-order valence-corrected chi connectivity index (χ2v) is 9.30. The van der Waals surface area contributed by atoms with E-state index in [0.717, 1.165) is 63.1 Å². The molecule has 33 heavy (non-hydrogen) atoms. The van der Waals surface area contributed by atoms with E-state index in [1.165, 1.54) is 11.1 Å². The van der Waals surface area contributed by atoms with Crippen molar-refractivity contribution in [1.29, 1.82) is 0 Å². The molecule has 0 saturated carbocycles. The van der Waals surface area contributed by atoms with Gasteiger partial charge in [0, 0.05) is 43.9 Å². The molecule has 2 fully saturated rings. The molecule has 0 radical (unpaired) electrons. The Kier molecular flexibility index (Phi) is 6.27. The van der Waals surface area contributed by atoms with Gasteiger partial charge in [0.15, 0.2) is 5.82 Å². The van der Waals surface area contributed by atoms with Gasteiger partial charge < -0.3 is 14.6 Å². The number of hydrogen-bond acceptors (Lipinski definition) is 7. The summed E-state index contributed by atoms with van der Waals surface area (Å²) in [5.74, 6) is 0.712. The standard InChI is InChI=1S/C24H33N7O2/c1-4-29-7-9-30(10-8-29)22(23-26-27-28-31(23)15-19-6-5-11-33-19)20-14-18-12-16(2)17(3)13-21(18)25-24(20)32/h12-14,19,22H,4-11,15H2,1-3H3,(H,25,32)/t19-,22+/m1/s1. The van der Waals surface area contributed by atoms with Gasteiger partial charge in [-0.25, -0.2) is 4.68 Å². The van der Waals surface area contributed by atoms with Crippen molar-refractivity contribution in [2.24, 2.45) is 0 Å². The van der Waals surface area contributed by atoms with E-state index in [0.29, 0.717) is 17.9 Å². The number of pyridine rings is 1. The number of fused-ring (bicyclic) bond motifs is 1. The largest absolute Gasteiger partial charge is 0.376 e. The molecule has 0 bridgehead atoms. The third-order valence-electron chi connectivity index (χ3n) is 7.21. The van der Waals surface area contributed by atoms with Gasteiger partial charge in [0.2, 0.25) is 0 Å². The number of piperazine rings is 1. The molecular formula is C24H33N7O2. The summed E-state index contributed by atoms with van der Waals surface area (Å²) in [6.45, 7) is 12.4. The van der Waals surface area contributed by atoms with Crippen LogP contribution < -0.4 is 5.56 Å². The van der Waals surface area contributed by atoms with Gasteiger partial charge in [0.1, 0.15) is 6.04 Å². The topological polar surface area (TPSA) is 92.2 Å². The van der Waals surface area contributed by atoms with Crippen LogP contribution in [-0.4, -0.2) is 80.4 Å². The van der Waals surface area contributed by atoms with Crippen LogP contribution in [0.25, 0.3) is 10.9 Å². The molecule has 3 aromatic rings. The molecule has 0 amide bonds. The lowest BCUT2D eigenvalue weighted by Crippen LogP contribution is -2.49. The summed E-state index contributed by atoms with van der Waals surface area (Å²) < 4.78 is 7.69. The maximum atomic E-state index is 13.4. The van der Waals surface area contributed by atoms with Gasteiger partial charge in [-0.05, 0) is 78.4 Å². The third-order valence-corrected chi connectivity index (χ3v) is 7.21. The minimum Gasteiger partial charge on any atom is -0.376 e. The van der Waals surface area contributed by atoms with Crippen LogP contribution in [-0.2, 0) is 11.3 Å². The zero-order valence-electron chi connectivity index (χ0n) is 19.8. The van der Waals surface area contributed by atoms with E-state index < -0.39 is 0 Å². The molecule has 2 aliphatic rings. The van der Waals surface area contributed by atoms with Crippen molar-refractivity contribution in [2.75, 3.05) is 39.3 Å². The number of H-pyrrole nitrogens is 1. The maximum absolute atomic E-state index is 13.4. The molecule has 1 aromatic carbocycles. The van der Waals surface area contributed by atoms with Gasteiger partial charge >= 0.3 is 0 Å². The Balaban J connectivity index is 1.58. The predicted octanol–water partition coefficient (Wildman–Crippen LogP) is 2.04. The first-order valence-electron chi connectivity index (χ1n) is 12.0. The van der Waals surface area contributed by atoms with E-state index in [1.54, 1.807) is 0 Å². The Labute approximate surface area is 193 Å². The average molecular weight is 452 g/mol. The van der Waals surface area contributed by atoms with Gasteiger partial charge in [0.25, 0.3) is 5.56 Å². The summed E-state index contributed by atoms with van der Waals surface area (Å²) in [7, 11) is 0. The Morgan fingerprint density at radius 2 is 1.94 bits per heavy atom. The lowest BCUT2D eigenvalue weighted by atomic mass is 10.00. The SMILES string of the molecule is CCN1CCN([C@@H](c2cc3cc(C)c(C)cc3[nH]c2=O)c2nnnn2C[C@H]2CCCO2)CC1. The number of hydrogen-bond donors (Lipinski definition) is 1. The molecule has 176 valence electrons. The van der Waals surface area contributed by atoms with Crippen LogP contribution in [0.5, 0.6) is 0 Å². The molecule has 2 atom stereocenters. The number of nitrogens with zero attached hydrogens (tertiary/aromatic N) is 6. The zero-order valence-corrected chi connectivity index (χ0v) is 19.8. The van der Waals surface area contributed by atoms with Crippen LogP contribution in [0.3, 0.4) is 0 Å². The fourth-order valence-corrected chi connectivity index (χ4v) is 5.05. The Hall–Kier alpha value is -2.62. The van der Waals surface area contributed by atoms with E-state index in [4.69, 9.17) is 4.74 Å². The predicted molar refractivity (Wildman–Crippen MR) is 126 cm³/mol. The molecule has 2 saturated heterocycles. The molecule has 4 heterocycles. The number of aromatic amines is 1. The quantitative estimate of drug-likeness (QED) is 0.613. The van der Waals surface area contributed by atoms with Crippen molar-refractivity contribution in [3.8, 4) is 0 Å². The van der Waals surface area contributed by atoms with E-state index in [2.05, 4.69) is 57.1 Å². The zero-order chi connectivity index (χ0) is 22.9. The number of ether oxygens (including phenoxy) is 1. The van der Waals surface area contributed by atoms with Gasteiger partial charge in [-0.15, -0.1) is 5.10 Å². The molecule has 2 aliphatic heterocycles. The van der Waals surface area contributed by atoms with Crippen molar-refractivity contribution < 1.29 is 4.74 Å². The molecule has 0 unspecified atom stereocenters. The molecule has 0 spiro atoms. The summed E-state index contributed by atoms with van der Waals surface area (Å²) in [5.41, 5.74) is 3.84. The van der Waals surface area contributed by atoms with Crippen molar-refractivity contribution in [2.45, 2.75) is 52.3 Å². The Morgan fingerprint density at radius 3 is 2.67 bits per heavy atom. The molecule has 1 N–H and O–H groups in total. The number of benzene rings is 1. The highest BCUT2D eigenvalue weighted by Gasteiger charge is 2.33. The first-order valence-corrected chi connectivity index (χ1v) is 12.0. The lowest BCUT2D eigenvalue weighted by molar-refractivity contribution is 0.0860. The minimum atomic E-state index is -0.310. The summed E-state index contributed by atoms with van der Waals surface area (Å²) >= 11 is 0. The van der Waals surface area contributed by atoms with Crippen LogP contribution >= 0.6 is 0 Å². The summed E-state index contributed by atoms with van der Waals surface area (Å²) in [6, 6.07) is 5.91. The van der Waals surface area contributed by atoms with Gasteiger partial charge in [-0.2, -0.15) is 0 Å². The highest BCUT2D eigenvalue weighted by atomic mass is 16.5. The van der Waals surface area contributed by atoms with Crippen LogP contribution in [0.4, 0.5) is 0 Å². The first kappa shape index (κ1) is 22.2. The summed E-state index contributed by atoms with van der Waals surface area (Å²) in [6.07, 6.45) is 2.19. The normalized spacial score (nSPS) is 21.1. The van der Waals surface area contributed by atoms with E-state index >= 15 is 0 Å². The van der Waals surface area contributed by atoms with Crippen LogP contribution in [0.15, 0.2) is 23.0 Å². The number of tetrazole rings is 1. The molecule has 9 nitrogen and oxygen atoms in total. The smallest absolute Gasteiger partial charge is 0.253 e. The lowest BCUT2D eigenvalue weighted by Gasteiger charge is -2.38. The highest BCUT2D eigenvalue weighted by molar-refractivity contribution is 5.81. The Morgan fingerprint density at radius 1 is 1.15 bits per heavy atom. The number of rotatable bonds is 6. The van der Waals surface area contributed by atoms with Gasteiger partial charge in [-0.3, -0.25) is 9.69 Å². The van der Waals surface area contributed by atoms with E-state index in [1.807, 2.05) is 16.8 Å². The third kappa shape index (κ3) is 4.45. The molecule has 2 aromatic heterocycles. The van der Waals surface area contributed by atoms with E-state index in [-0.39, 0.29) is 17.7 Å². The number of aryl methyl sites for hydroxylation is 2. The molecular weight excluding hydrogens is 418 g/mol. The first-order chi connectivity index (χ1) is 16.0. The number of aromatic nitrogens is 5. The van der Waals surface area contributed by atoms with Gasteiger partial charge in [-0.1, -0.05) is 6.92 Å².